The van der Waals surface area contributed by atoms with Crippen LogP contribution in [0, 0.1) is 6.92 Å². The number of hydrogen-bond donors (Lipinski definition) is 3. The number of nitrogens with zero attached hydrogens (tertiary/aromatic N) is 2. The summed E-state index contributed by atoms with van der Waals surface area (Å²) in [5.41, 5.74) is 4.83. The third kappa shape index (κ3) is 3.52. The van der Waals surface area contributed by atoms with Crippen molar-refractivity contribution in [3.63, 3.8) is 0 Å². The Kier molecular flexibility index (Phi) is 4.95. The van der Waals surface area contributed by atoms with Crippen molar-refractivity contribution in [3.8, 4) is 0 Å². The molecule has 0 bridgehead atoms. The summed E-state index contributed by atoms with van der Waals surface area (Å²) in [6.45, 7) is 1.86. The molecule has 0 fully saturated rings. The molecule has 0 saturated carbocycles. The van der Waals surface area contributed by atoms with E-state index in [9.17, 15) is 14.7 Å². The lowest BCUT2D eigenvalue weighted by molar-refractivity contribution is 0.0858. The van der Waals surface area contributed by atoms with Gasteiger partial charge < -0.3 is 15.7 Å². The van der Waals surface area contributed by atoms with Crippen LogP contribution in [-0.2, 0) is 6.42 Å². The number of aliphatic hydroxyl groups is 1. The van der Waals surface area contributed by atoms with Gasteiger partial charge in [0.05, 0.1) is 18.3 Å². The van der Waals surface area contributed by atoms with Crippen molar-refractivity contribution in [3.05, 3.63) is 101 Å². The second kappa shape index (κ2) is 7.94. The van der Waals surface area contributed by atoms with E-state index < -0.39 is 12.1 Å². The molecule has 7 heteroatoms. The Balaban J connectivity index is 1.37. The number of aryl methyl sites for hydroxylation is 1. The maximum atomic E-state index is 13.0. The fraction of sp³-hybridized carbons (Fsp3) is 0.160. The lowest BCUT2D eigenvalue weighted by Gasteiger charge is -2.18. The molecule has 2 atom stereocenters. The van der Waals surface area contributed by atoms with Gasteiger partial charge in [-0.15, -0.1) is 0 Å². The molecule has 32 heavy (non-hydrogen) atoms. The third-order valence-electron chi connectivity index (χ3n) is 5.89. The van der Waals surface area contributed by atoms with Crippen LogP contribution in [0.5, 0.6) is 0 Å². The minimum atomic E-state index is -0.670. The average molecular weight is 426 g/mol. The van der Waals surface area contributed by atoms with Gasteiger partial charge in [-0.05, 0) is 47.9 Å². The zero-order chi connectivity index (χ0) is 22.2. The van der Waals surface area contributed by atoms with Crippen LogP contribution < -0.4 is 10.6 Å². The zero-order valence-electron chi connectivity index (χ0n) is 17.4. The van der Waals surface area contributed by atoms with E-state index in [1.165, 1.54) is 6.20 Å². The van der Waals surface area contributed by atoms with Gasteiger partial charge in [0.1, 0.15) is 11.3 Å². The standard InChI is InChI=1S/C25H22N4O3/c1-15-9-10-17(24(31)28-23-18-7-3-2-6-16(18)13-21(23)30)12-19(15)27-25(32)20-14-26-22-8-4-5-11-29(20)22/h2-12,14,21,23,30H,13H2,1H3,(H,27,32)(H,28,31)/t21-,23+/m1/s1. The number of aromatic nitrogens is 2. The first-order valence-corrected chi connectivity index (χ1v) is 10.4. The number of amides is 2. The van der Waals surface area contributed by atoms with Gasteiger partial charge in [-0.1, -0.05) is 36.4 Å². The highest BCUT2D eigenvalue weighted by molar-refractivity contribution is 6.05. The number of imidazole rings is 1. The van der Waals surface area contributed by atoms with Gasteiger partial charge in [-0.2, -0.15) is 0 Å². The lowest BCUT2D eigenvalue weighted by Crippen LogP contribution is -2.33. The molecule has 4 aromatic rings. The average Bonchev–Trinajstić information content (AvgIpc) is 3.36. The number of pyridine rings is 1. The van der Waals surface area contributed by atoms with E-state index in [-0.39, 0.29) is 11.8 Å². The fourth-order valence-corrected chi connectivity index (χ4v) is 4.16. The van der Waals surface area contributed by atoms with Gasteiger partial charge >= 0.3 is 0 Å². The Morgan fingerprint density at radius 2 is 1.88 bits per heavy atom. The van der Waals surface area contributed by atoms with Gasteiger partial charge in [0.25, 0.3) is 11.8 Å². The summed E-state index contributed by atoms with van der Waals surface area (Å²) in [5, 5.41) is 16.3. The summed E-state index contributed by atoms with van der Waals surface area (Å²) < 4.78 is 1.71. The molecule has 0 aliphatic heterocycles. The van der Waals surface area contributed by atoms with E-state index in [4.69, 9.17) is 0 Å². The van der Waals surface area contributed by atoms with Crippen LogP contribution in [0.3, 0.4) is 0 Å². The highest BCUT2D eigenvalue weighted by Gasteiger charge is 2.32. The quantitative estimate of drug-likeness (QED) is 0.467. The maximum absolute atomic E-state index is 13.0. The van der Waals surface area contributed by atoms with Gasteiger partial charge in [0.15, 0.2) is 0 Å². The number of anilines is 1. The van der Waals surface area contributed by atoms with Crippen LogP contribution >= 0.6 is 0 Å². The Bertz CT molecular complexity index is 1340. The van der Waals surface area contributed by atoms with Crippen LogP contribution in [0.25, 0.3) is 5.65 Å². The smallest absolute Gasteiger partial charge is 0.274 e. The summed E-state index contributed by atoms with van der Waals surface area (Å²) in [6, 6.07) is 17.9. The number of carbonyl (C=O) groups excluding carboxylic acids is 2. The van der Waals surface area contributed by atoms with E-state index in [2.05, 4.69) is 15.6 Å². The van der Waals surface area contributed by atoms with E-state index in [0.29, 0.717) is 29.0 Å². The van der Waals surface area contributed by atoms with Gasteiger partial charge in [0, 0.05) is 23.9 Å². The van der Waals surface area contributed by atoms with Crippen molar-refractivity contribution >= 4 is 23.1 Å². The maximum Gasteiger partial charge on any atom is 0.274 e. The minimum absolute atomic E-state index is 0.309. The van der Waals surface area contributed by atoms with Crippen molar-refractivity contribution in [2.24, 2.45) is 0 Å². The molecule has 2 aromatic carbocycles. The molecule has 0 unspecified atom stereocenters. The molecule has 160 valence electrons. The molecule has 0 saturated heterocycles. The van der Waals surface area contributed by atoms with Gasteiger partial charge in [-0.3, -0.25) is 14.0 Å². The lowest BCUT2D eigenvalue weighted by atomic mass is 10.1. The second-order valence-corrected chi connectivity index (χ2v) is 7.98. The molecule has 0 radical (unpaired) electrons. The van der Waals surface area contributed by atoms with Crippen molar-refractivity contribution in [1.82, 2.24) is 14.7 Å². The Labute approximate surface area is 184 Å². The minimum Gasteiger partial charge on any atom is -0.390 e. The normalized spacial score (nSPS) is 17.2. The summed E-state index contributed by atoms with van der Waals surface area (Å²) in [7, 11) is 0. The summed E-state index contributed by atoms with van der Waals surface area (Å²) >= 11 is 0. The van der Waals surface area contributed by atoms with Crippen LogP contribution in [0.1, 0.15) is 43.6 Å². The molecule has 1 aliphatic carbocycles. The first-order valence-electron chi connectivity index (χ1n) is 10.4. The predicted octanol–water partition coefficient (Wildman–Crippen LogP) is 3.28. The molecule has 2 heterocycles. The summed E-state index contributed by atoms with van der Waals surface area (Å²) in [5.74, 6) is -0.624. The SMILES string of the molecule is Cc1ccc(C(=O)N[C@H]2c3ccccc3C[C@H]2O)cc1NC(=O)c1cnc2ccccn12. The number of benzene rings is 2. The van der Waals surface area contributed by atoms with Crippen LogP contribution in [-0.4, -0.2) is 32.4 Å². The number of nitrogens with one attached hydrogen (secondary N) is 2. The summed E-state index contributed by atoms with van der Waals surface area (Å²) in [4.78, 5) is 30.1. The van der Waals surface area contributed by atoms with Crippen LogP contribution in [0.15, 0.2) is 73.1 Å². The van der Waals surface area contributed by atoms with Gasteiger partial charge in [-0.25, -0.2) is 4.98 Å². The van der Waals surface area contributed by atoms with Crippen molar-refractivity contribution in [2.45, 2.75) is 25.5 Å². The van der Waals surface area contributed by atoms with Crippen LogP contribution in [0.4, 0.5) is 5.69 Å². The number of aliphatic hydroxyl groups excluding tert-OH is 1. The molecule has 3 N–H and O–H groups in total. The second-order valence-electron chi connectivity index (χ2n) is 7.98. The molecule has 1 aliphatic rings. The van der Waals surface area contributed by atoms with Crippen molar-refractivity contribution in [2.75, 3.05) is 5.32 Å². The Morgan fingerprint density at radius 3 is 2.75 bits per heavy atom. The highest BCUT2D eigenvalue weighted by atomic mass is 16.3. The molecular formula is C25H22N4O3. The number of rotatable bonds is 4. The van der Waals surface area contributed by atoms with Crippen LogP contribution in [0.2, 0.25) is 0 Å². The first kappa shape index (κ1) is 20.0. The Morgan fingerprint density at radius 1 is 1.06 bits per heavy atom. The van der Waals surface area contributed by atoms with Gasteiger partial charge in [0.2, 0.25) is 0 Å². The Hall–Kier alpha value is -3.97. The fourth-order valence-electron chi connectivity index (χ4n) is 4.16. The highest BCUT2D eigenvalue weighted by Crippen LogP contribution is 2.31. The number of fused-ring (bicyclic) bond motifs is 2. The number of carbonyl (C=O) groups is 2. The third-order valence-corrected chi connectivity index (χ3v) is 5.89. The van der Waals surface area contributed by atoms with Crippen molar-refractivity contribution < 1.29 is 14.7 Å². The number of hydrogen-bond acceptors (Lipinski definition) is 4. The largest absolute Gasteiger partial charge is 0.390 e. The molecule has 2 amide bonds. The molecule has 5 rings (SSSR count). The molecular weight excluding hydrogens is 404 g/mol. The molecule has 7 nitrogen and oxygen atoms in total. The molecule has 2 aromatic heterocycles. The van der Waals surface area contributed by atoms with E-state index >= 15 is 0 Å². The van der Waals surface area contributed by atoms with E-state index in [0.717, 1.165) is 16.7 Å². The zero-order valence-corrected chi connectivity index (χ0v) is 17.4. The van der Waals surface area contributed by atoms with E-state index in [1.807, 2.05) is 49.4 Å². The topological polar surface area (TPSA) is 95.7 Å². The first-order chi connectivity index (χ1) is 15.5. The summed E-state index contributed by atoms with van der Waals surface area (Å²) in [6.07, 6.45) is 3.14. The molecule has 0 spiro atoms. The van der Waals surface area contributed by atoms with Crippen molar-refractivity contribution in [1.29, 1.82) is 0 Å². The monoisotopic (exact) mass is 426 g/mol. The predicted molar refractivity (Wildman–Crippen MR) is 121 cm³/mol. The van der Waals surface area contributed by atoms with E-state index in [1.54, 1.807) is 28.8 Å².